The molecule has 0 spiro atoms. The fourth-order valence-electron chi connectivity index (χ4n) is 3.01. The molecule has 0 aliphatic carbocycles. The Morgan fingerprint density at radius 1 is 1.32 bits per heavy atom. The molecule has 1 atom stereocenters. The van der Waals surface area contributed by atoms with Crippen LogP contribution in [0.15, 0.2) is 47.5 Å². The van der Waals surface area contributed by atoms with E-state index in [1.165, 1.54) is 23.9 Å². The number of aliphatic imine (C=N–C) groups is 1. The van der Waals surface area contributed by atoms with Crippen molar-refractivity contribution < 1.29 is 14.5 Å². The van der Waals surface area contributed by atoms with Crippen molar-refractivity contribution in [1.29, 1.82) is 0 Å². The van der Waals surface area contributed by atoms with Gasteiger partial charge in [0.25, 0.3) is 11.6 Å². The van der Waals surface area contributed by atoms with E-state index in [1.54, 1.807) is 25.0 Å². The first-order valence-corrected chi connectivity index (χ1v) is 9.87. The summed E-state index contributed by atoms with van der Waals surface area (Å²) in [6.07, 6.45) is 0.798. The minimum absolute atomic E-state index is 0.00603. The fraction of sp³-hybridized carbons (Fsp3) is 0.300. The van der Waals surface area contributed by atoms with Crippen LogP contribution in [0.2, 0.25) is 0 Å². The number of ether oxygens (including phenoxy) is 1. The number of hydrogen-bond donors (Lipinski definition) is 0. The van der Waals surface area contributed by atoms with Gasteiger partial charge in [0, 0.05) is 29.0 Å². The van der Waals surface area contributed by atoms with Crippen molar-refractivity contribution in [2.24, 2.45) is 4.99 Å². The highest BCUT2D eigenvalue weighted by atomic mass is 32.2. The fourth-order valence-corrected chi connectivity index (χ4v) is 4.28. The average Bonchev–Trinajstić information content (AvgIpc) is 3.10. The van der Waals surface area contributed by atoms with Crippen molar-refractivity contribution >= 4 is 34.2 Å². The van der Waals surface area contributed by atoms with Gasteiger partial charge in [-0.15, -0.1) is 0 Å². The second-order valence-electron chi connectivity index (χ2n) is 6.40. The summed E-state index contributed by atoms with van der Waals surface area (Å²) in [4.78, 5) is 30.1. The van der Waals surface area contributed by atoms with Gasteiger partial charge in [-0.2, -0.15) is 0 Å². The number of amidine groups is 1. The summed E-state index contributed by atoms with van der Waals surface area (Å²) in [6, 6.07) is 11.8. The summed E-state index contributed by atoms with van der Waals surface area (Å²) < 4.78 is 5.16. The van der Waals surface area contributed by atoms with E-state index < -0.39 is 4.92 Å². The summed E-state index contributed by atoms with van der Waals surface area (Å²) >= 11 is 1.54. The van der Waals surface area contributed by atoms with Crippen LogP contribution in [-0.4, -0.2) is 39.8 Å². The number of rotatable bonds is 5. The molecule has 1 heterocycles. The Hall–Kier alpha value is -2.87. The van der Waals surface area contributed by atoms with E-state index in [-0.39, 0.29) is 17.6 Å². The Bertz CT molecular complexity index is 928. The Labute approximate surface area is 167 Å². The molecule has 0 N–H and O–H groups in total. The summed E-state index contributed by atoms with van der Waals surface area (Å²) in [7, 11) is 1.60. The average molecular weight is 399 g/mol. The molecule has 1 fully saturated rings. The number of aryl methyl sites for hydroxylation is 1. The number of benzene rings is 2. The highest BCUT2D eigenvalue weighted by Crippen LogP contribution is 2.31. The van der Waals surface area contributed by atoms with E-state index in [9.17, 15) is 14.9 Å². The lowest BCUT2D eigenvalue weighted by molar-refractivity contribution is -0.385. The third-order valence-electron chi connectivity index (χ3n) is 4.60. The van der Waals surface area contributed by atoms with Gasteiger partial charge in [-0.05, 0) is 49.7 Å². The number of amides is 1. The number of nitro groups is 1. The van der Waals surface area contributed by atoms with Crippen molar-refractivity contribution in [3.63, 3.8) is 0 Å². The Morgan fingerprint density at radius 2 is 2.04 bits per heavy atom. The zero-order valence-electron chi connectivity index (χ0n) is 15.9. The van der Waals surface area contributed by atoms with Gasteiger partial charge in [-0.3, -0.25) is 19.8 Å². The lowest BCUT2D eigenvalue weighted by Crippen LogP contribution is -2.39. The van der Waals surface area contributed by atoms with Crippen LogP contribution in [-0.2, 0) is 0 Å². The first-order chi connectivity index (χ1) is 13.4. The van der Waals surface area contributed by atoms with E-state index in [2.05, 4.69) is 4.99 Å². The second-order valence-corrected chi connectivity index (χ2v) is 7.39. The quantitative estimate of drug-likeness (QED) is 0.543. The predicted molar refractivity (Wildman–Crippen MR) is 111 cm³/mol. The minimum Gasteiger partial charge on any atom is -0.497 e. The summed E-state index contributed by atoms with van der Waals surface area (Å²) in [5, 5.41) is 11.7. The summed E-state index contributed by atoms with van der Waals surface area (Å²) in [6.45, 7) is 3.67. The van der Waals surface area contributed by atoms with Gasteiger partial charge in [0.2, 0.25) is 0 Å². The van der Waals surface area contributed by atoms with Crippen LogP contribution < -0.4 is 4.74 Å². The van der Waals surface area contributed by atoms with Crippen LogP contribution in [0.3, 0.4) is 0 Å². The normalized spacial score (nSPS) is 17.8. The van der Waals surface area contributed by atoms with Crippen LogP contribution in [0.5, 0.6) is 5.75 Å². The molecule has 1 aliphatic rings. The van der Waals surface area contributed by atoms with Crippen molar-refractivity contribution in [3.8, 4) is 5.75 Å². The molecule has 146 valence electrons. The standard InChI is InChI=1S/C20H21N3O4S/c1-4-16-12-28-20(21-15-6-8-17(27-3)9-7-15)22(16)19(24)14-5-10-18(23(25)26)13(2)11-14/h5-11,16H,4,12H2,1-3H3/t16-/m1/s1. The Kier molecular flexibility index (Phi) is 5.99. The molecule has 28 heavy (non-hydrogen) atoms. The van der Waals surface area contributed by atoms with Crippen LogP contribution in [0.1, 0.15) is 29.3 Å². The Balaban J connectivity index is 1.93. The summed E-state index contributed by atoms with van der Waals surface area (Å²) in [5.74, 6) is 1.31. The SMILES string of the molecule is CC[C@@H]1CSC(=Nc2ccc(OC)cc2)N1C(=O)c1ccc([N+](=O)[O-])c(C)c1. The molecule has 0 unspecified atom stereocenters. The zero-order chi connectivity index (χ0) is 20.3. The smallest absolute Gasteiger partial charge is 0.272 e. The van der Waals surface area contributed by atoms with Gasteiger partial charge in [0.05, 0.1) is 17.7 Å². The highest BCUT2D eigenvalue weighted by Gasteiger charge is 2.35. The molecule has 1 saturated heterocycles. The summed E-state index contributed by atoms with van der Waals surface area (Å²) in [5.41, 5.74) is 1.63. The van der Waals surface area contributed by atoms with E-state index in [1.807, 2.05) is 31.2 Å². The molecule has 0 bridgehead atoms. The van der Waals surface area contributed by atoms with Crippen LogP contribution >= 0.6 is 11.8 Å². The number of thioether (sulfide) groups is 1. The van der Waals surface area contributed by atoms with Gasteiger partial charge in [0.15, 0.2) is 5.17 Å². The lowest BCUT2D eigenvalue weighted by Gasteiger charge is -2.23. The molecule has 2 aromatic carbocycles. The minimum atomic E-state index is -0.444. The molecule has 0 saturated carbocycles. The van der Waals surface area contributed by atoms with Crippen molar-refractivity contribution in [2.45, 2.75) is 26.3 Å². The topological polar surface area (TPSA) is 85.0 Å². The Morgan fingerprint density at radius 3 is 2.61 bits per heavy atom. The molecule has 0 radical (unpaired) electrons. The predicted octanol–water partition coefficient (Wildman–Crippen LogP) is 4.57. The van der Waals surface area contributed by atoms with Crippen LogP contribution in [0.4, 0.5) is 11.4 Å². The van der Waals surface area contributed by atoms with E-state index in [4.69, 9.17) is 4.74 Å². The molecule has 0 aromatic heterocycles. The monoisotopic (exact) mass is 399 g/mol. The number of nitro benzene ring substituents is 1. The number of carbonyl (C=O) groups excluding carboxylic acids is 1. The van der Waals surface area contributed by atoms with Gasteiger partial charge in [0.1, 0.15) is 5.75 Å². The van der Waals surface area contributed by atoms with Gasteiger partial charge >= 0.3 is 0 Å². The second kappa shape index (κ2) is 8.43. The number of hydrogen-bond acceptors (Lipinski definition) is 6. The first kappa shape index (κ1) is 19.9. The number of methoxy groups -OCH3 is 1. The molecule has 3 rings (SSSR count). The van der Waals surface area contributed by atoms with Gasteiger partial charge < -0.3 is 4.74 Å². The maximum absolute atomic E-state index is 13.2. The maximum atomic E-state index is 13.2. The lowest BCUT2D eigenvalue weighted by atomic mass is 10.1. The van der Waals surface area contributed by atoms with Crippen LogP contribution in [0.25, 0.3) is 0 Å². The molecule has 1 amide bonds. The third kappa shape index (κ3) is 4.01. The van der Waals surface area contributed by atoms with Crippen LogP contribution in [0, 0.1) is 17.0 Å². The van der Waals surface area contributed by atoms with E-state index >= 15 is 0 Å². The van der Waals surface area contributed by atoms with Gasteiger partial charge in [-0.25, -0.2) is 4.99 Å². The van der Waals surface area contributed by atoms with Crippen molar-refractivity contribution in [2.75, 3.05) is 12.9 Å². The zero-order valence-corrected chi connectivity index (χ0v) is 16.7. The molecule has 8 heteroatoms. The molecular formula is C20H21N3O4S. The molecule has 1 aliphatic heterocycles. The number of nitrogens with zero attached hydrogens (tertiary/aromatic N) is 3. The van der Waals surface area contributed by atoms with E-state index in [0.29, 0.717) is 16.3 Å². The molecule has 7 nitrogen and oxygen atoms in total. The van der Waals surface area contributed by atoms with E-state index in [0.717, 1.165) is 23.6 Å². The maximum Gasteiger partial charge on any atom is 0.272 e. The molecular weight excluding hydrogens is 378 g/mol. The highest BCUT2D eigenvalue weighted by molar-refractivity contribution is 8.14. The third-order valence-corrected chi connectivity index (χ3v) is 5.70. The van der Waals surface area contributed by atoms with Crippen molar-refractivity contribution in [1.82, 2.24) is 4.90 Å². The molecule has 2 aromatic rings. The van der Waals surface area contributed by atoms with Crippen molar-refractivity contribution in [3.05, 3.63) is 63.7 Å². The largest absolute Gasteiger partial charge is 0.497 e. The van der Waals surface area contributed by atoms with Gasteiger partial charge in [-0.1, -0.05) is 18.7 Å². The number of carbonyl (C=O) groups is 1. The first-order valence-electron chi connectivity index (χ1n) is 8.88.